The maximum Gasteiger partial charge on any atom is 0.257 e. The van der Waals surface area contributed by atoms with E-state index in [1.54, 1.807) is 26.4 Å². The third-order valence-corrected chi connectivity index (χ3v) is 7.36. The number of amides is 1. The number of aromatic nitrogens is 1. The van der Waals surface area contributed by atoms with Crippen molar-refractivity contribution in [3.8, 4) is 28.8 Å². The van der Waals surface area contributed by atoms with Crippen LogP contribution in [0, 0.1) is 11.3 Å². The minimum atomic E-state index is -0.262. The number of nitriles is 1. The topological polar surface area (TPSA) is 84.2 Å². The Balaban J connectivity index is 1.60. The summed E-state index contributed by atoms with van der Waals surface area (Å²) >= 11 is 1.52. The molecule has 0 saturated heterocycles. The number of aryl methyl sites for hydroxylation is 1. The minimum absolute atomic E-state index is 0.262. The number of hydrogen-bond acceptors (Lipinski definition) is 6. The quantitative estimate of drug-likeness (QED) is 0.388. The normalized spacial score (nSPS) is 12.6. The van der Waals surface area contributed by atoms with Crippen LogP contribution < -0.4 is 14.8 Å². The zero-order valence-corrected chi connectivity index (χ0v) is 19.8. The van der Waals surface area contributed by atoms with Crippen LogP contribution in [0.2, 0.25) is 0 Å². The number of benzene rings is 2. The smallest absolute Gasteiger partial charge is 0.257 e. The van der Waals surface area contributed by atoms with Crippen LogP contribution in [0.1, 0.15) is 39.2 Å². The molecule has 1 aliphatic rings. The second-order valence-corrected chi connectivity index (χ2v) is 9.22. The highest BCUT2D eigenvalue weighted by Gasteiger charge is 2.23. The van der Waals surface area contributed by atoms with Gasteiger partial charge in [-0.25, -0.2) is 4.98 Å². The second-order valence-electron chi connectivity index (χ2n) is 8.12. The Kier molecular flexibility index (Phi) is 5.91. The fraction of sp³-hybridized carbons (Fsp3) is 0.222. The molecule has 1 amide bonds. The molecule has 2 heterocycles. The molecule has 0 fully saturated rings. The summed E-state index contributed by atoms with van der Waals surface area (Å²) in [6.45, 7) is 0. The molecule has 0 bridgehead atoms. The standard InChI is InChI=1S/C27H23N3O3S/c1-32-16-11-12-19(24(13-16)33-2)23-14-20(17-7-3-5-9-22(17)29-23)26(31)30-27-21(15-28)18-8-4-6-10-25(18)34-27/h3,5,7,9,11-14H,4,6,8,10H2,1-2H3,(H,30,31). The van der Waals surface area contributed by atoms with E-state index in [1.165, 1.54) is 16.2 Å². The Morgan fingerprint density at radius 3 is 2.71 bits per heavy atom. The summed E-state index contributed by atoms with van der Waals surface area (Å²) in [5.41, 5.74) is 4.27. The number of para-hydroxylation sites is 1. The van der Waals surface area contributed by atoms with E-state index in [9.17, 15) is 10.1 Å². The van der Waals surface area contributed by atoms with E-state index in [1.807, 2.05) is 36.4 Å². The van der Waals surface area contributed by atoms with Crippen molar-refractivity contribution >= 4 is 33.1 Å². The summed E-state index contributed by atoms with van der Waals surface area (Å²) in [6, 6.07) is 17.2. The van der Waals surface area contributed by atoms with Gasteiger partial charge in [-0.15, -0.1) is 11.3 Å². The Morgan fingerprint density at radius 2 is 1.91 bits per heavy atom. The van der Waals surface area contributed by atoms with Crippen molar-refractivity contribution < 1.29 is 14.3 Å². The summed E-state index contributed by atoms with van der Waals surface area (Å²) in [4.78, 5) is 19.6. The number of thiophene rings is 1. The first kappa shape index (κ1) is 21.9. The van der Waals surface area contributed by atoms with E-state index < -0.39 is 0 Å². The summed E-state index contributed by atoms with van der Waals surface area (Å²) in [7, 11) is 3.19. The molecule has 1 aliphatic carbocycles. The van der Waals surface area contributed by atoms with Crippen molar-refractivity contribution in [3.05, 3.63) is 70.1 Å². The SMILES string of the molecule is COc1ccc(-c2cc(C(=O)Nc3sc4c(c3C#N)CCCC4)c3ccccc3n2)c(OC)c1. The van der Waals surface area contributed by atoms with E-state index in [0.29, 0.717) is 38.8 Å². The summed E-state index contributed by atoms with van der Waals surface area (Å²) in [5, 5.41) is 14.2. The van der Waals surface area contributed by atoms with Crippen LogP contribution in [-0.2, 0) is 12.8 Å². The average Bonchev–Trinajstić information content (AvgIpc) is 3.24. The monoisotopic (exact) mass is 469 g/mol. The maximum absolute atomic E-state index is 13.6. The molecule has 0 spiro atoms. The Morgan fingerprint density at radius 1 is 1.09 bits per heavy atom. The summed E-state index contributed by atoms with van der Waals surface area (Å²) in [5.74, 6) is 1.01. The molecule has 2 aromatic carbocycles. The lowest BCUT2D eigenvalue weighted by atomic mass is 9.96. The number of carbonyl (C=O) groups is 1. The number of anilines is 1. The molecule has 7 heteroatoms. The van der Waals surface area contributed by atoms with Crippen molar-refractivity contribution in [3.63, 3.8) is 0 Å². The summed E-state index contributed by atoms with van der Waals surface area (Å²) in [6.07, 6.45) is 4.05. The minimum Gasteiger partial charge on any atom is -0.497 e. The number of ether oxygens (including phenoxy) is 2. The molecule has 4 aromatic rings. The second kappa shape index (κ2) is 9.16. The van der Waals surface area contributed by atoms with Crippen LogP contribution in [0.15, 0.2) is 48.5 Å². The Bertz CT molecular complexity index is 1450. The van der Waals surface area contributed by atoms with Crippen LogP contribution in [0.5, 0.6) is 11.5 Å². The first-order valence-corrected chi connectivity index (χ1v) is 11.9. The first-order valence-electron chi connectivity index (χ1n) is 11.1. The van der Waals surface area contributed by atoms with Crippen LogP contribution >= 0.6 is 11.3 Å². The van der Waals surface area contributed by atoms with E-state index in [4.69, 9.17) is 14.5 Å². The number of nitrogens with one attached hydrogen (secondary N) is 1. The highest BCUT2D eigenvalue weighted by atomic mass is 32.1. The van der Waals surface area contributed by atoms with Crippen LogP contribution in [0.4, 0.5) is 5.00 Å². The molecule has 34 heavy (non-hydrogen) atoms. The lowest BCUT2D eigenvalue weighted by Gasteiger charge is -2.13. The van der Waals surface area contributed by atoms with Crippen LogP contribution in [0.3, 0.4) is 0 Å². The average molecular weight is 470 g/mol. The highest BCUT2D eigenvalue weighted by Crippen LogP contribution is 2.39. The van der Waals surface area contributed by atoms with Crippen LogP contribution in [-0.4, -0.2) is 25.1 Å². The lowest BCUT2D eigenvalue weighted by molar-refractivity contribution is 0.102. The molecule has 0 unspecified atom stereocenters. The Hall–Kier alpha value is -3.89. The largest absolute Gasteiger partial charge is 0.497 e. The van der Waals surface area contributed by atoms with E-state index in [0.717, 1.165) is 42.2 Å². The highest BCUT2D eigenvalue weighted by molar-refractivity contribution is 7.16. The zero-order chi connectivity index (χ0) is 23.7. The molecule has 6 nitrogen and oxygen atoms in total. The van der Waals surface area contributed by atoms with Gasteiger partial charge in [0.15, 0.2) is 0 Å². The van der Waals surface area contributed by atoms with Gasteiger partial charge in [-0.2, -0.15) is 5.26 Å². The van der Waals surface area contributed by atoms with Gasteiger partial charge in [-0.3, -0.25) is 4.79 Å². The lowest BCUT2D eigenvalue weighted by Crippen LogP contribution is -2.13. The van der Waals surface area contributed by atoms with Gasteiger partial charge in [0.05, 0.1) is 36.6 Å². The fourth-order valence-corrected chi connectivity index (χ4v) is 5.69. The van der Waals surface area contributed by atoms with Gasteiger partial charge in [-0.05, 0) is 55.5 Å². The van der Waals surface area contributed by atoms with Crippen molar-refractivity contribution in [1.29, 1.82) is 5.26 Å². The van der Waals surface area contributed by atoms with Gasteiger partial charge in [-0.1, -0.05) is 18.2 Å². The third kappa shape index (κ3) is 3.87. The van der Waals surface area contributed by atoms with E-state index in [-0.39, 0.29) is 5.91 Å². The number of fused-ring (bicyclic) bond motifs is 2. The molecule has 5 rings (SSSR count). The summed E-state index contributed by atoms with van der Waals surface area (Å²) < 4.78 is 10.9. The van der Waals surface area contributed by atoms with Crippen molar-refractivity contribution in [1.82, 2.24) is 4.98 Å². The molecule has 0 aliphatic heterocycles. The van der Waals surface area contributed by atoms with E-state index >= 15 is 0 Å². The zero-order valence-electron chi connectivity index (χ0n) is 19.0. The number of carbonyl (C=O) groups excluding carboxylic acids is 1. The molecule has 2 aromatic heterocycles. The van der Waals surface area contributed by atoms with Gasteiger partial charge in [0, 0.05) is 21.9 Å². The van der Waals surface area contributed by atoms with Gasteiger partial charge < -0.3 is 14.8 Å². The predicted octanol–water partition coefficient (Wildman–Crippen LogP) is 5.98. The molecule has 0 saturated carbocycles. The van der Waals surface area contributed by atoms with Crippen molar-refractivity contribution in [2.45, 2.75) is 25.7 Å². The number of methoxy groups -OCH3 is 2. The maximum atomic E-state index is 13.6. The molecular weight excluding hydrogens is 446 g/mol. The molecule has 170 valence electrons. The third-order valence-electron chi connectivity index (χ3n) is 6.16. The predicted molar refractivity (Wildman–Crippen MR) is 134 cm³/mol. The molecular formula is C27H23N3O3S. The van der Waals surface area contributed by atoms with Crippen molar-refractivity contribution in [2.24, 2.45) is 0 Å². The van der Waals surface area contributed by atoms with Gasteiger partial charge in [0.1, 0.15) is 22.6 Å². The number of nitrogens with zero attached hydrogens (tertiary/aromatic N) is 2. The van der Waals surface area contributed by atoms with E-state index in [2.05, 4.69) is 11.4 Å². The fourth-order valence-electron chi connectivity index (χ4n) is 4.45. The molecule has 1 N–H and O–H groups in total. The number of hydrogen-bond donors (Lipinski definition) is 1. The van der Waals surface area contributed by atoms with Crippen LogP contribution in [0.25, 0.3) is 22.2 Å². The van der Waals surface area contributed by atoms with Gasteiger partial charge in [0.25, 0.3) is 5.91 Å². The number of rotatable bonds is 5. The first-order chi connectivity index (χ1) is 16.6. The van der Waals surface area contributed by atoms with Gasteiger partial charge >= 0.3 is 0 Å². The van der Waals surface area contributed by atoms with Crippen molar-refractivity contribution in [2.75, 3.05) is 19.5 Å². The number of pyridine rings is 1. The molecule has 0 atom stereocenters. The Labute approximate surface area is 201 Å². The van der Waals surface area contributed by atoms with Gasteiger partial charge in [0.2, 0.25) is 0 Å². The molecule has 0 radical (unpaired) electrons.